The van der Waals surface area contributed by atoms with Crippen LogP contribution in [-0.4, -0.2) is 27.2 Å². The molecular weight excluding hydrogens is 302 g/mol. The molecule has 0 aliphatic heterocycles. The molecule has 126 valence electrons. The predicted octanol–water partition coefficient (Wildman–Crippen LogP) is 3.24. The van der Waals surface area contributed by atoms with Crippen molar-refractivity contribution in [2.24, 2.45) is 5.41 Å². The smallest absolute Gasteiger partial charge is 0.354 e. The number of aromatic nitrogens is 2. The lowest BCUT2D eigenvalue weighted by atomic mass is 9.68. The molecule has 5 heteroatoms. The Bertz CT molecular complexity index is 736. The van der Waals surface area contributed by atoms with Gasteiger partial charge in [-0.3, -0.25) is 0 Å². The Labute approximate surface area is 142 Å². The van der Waals surface area contributed by atoms with E-state index in [1.165, 1.54) is 11.8 Å². The number of carboxylic acid groups (broad SMARTS) is 1. The fourth-order valence-electron chi connectivity index (χ4n) is 3.77. The molecule has 24 heavy (non-hydrogen) atoms. The van der Waals surface area contributed by atoms with Crippen LogP contribution in [0.25, 0.3) is 0 Å². The van der Waals surface area contributed by atoms with Crippen LogP contribution in [0, 0.1) is 17.5 Å². The van der Waals surface area contributed by atoms with Crippen molar-refractivity contribution < 1.29 is 9.90 Å². The van der Waals surface area contributed by atoms with Crippen molar-refractivity contribution >= 4 is 5.97 Å². The summed E-state index contributed by atoms with van der Waals surface area (Å²) < 4.78 is 1.77. The number of hydrogen-bond donors (Lipinski definition) is 2. The molecule has 0 saturated heterocycles. The first-order chi connectivity index (χ1) is 11.5. The maximum atomic E-state index is 11.6. The molecule has 0 bridgehead atoms. The quantitative estimate of drug-likeness (QED) is 0.885. The van der Waals surface area contributed by atoms with E-state index in [-0.39, 0.29) is 23.2 Å². The minimum atomic E-state index is -0.962. The van der Waals surface area contributed by atoms with Gasteiger partial charge in [0, 0.05) is 11.6 Å². The van der Waals surface area contributed by atoms with E-state index in [0.717, 1.165) is 24.9 Å². The Morgan fingerprint density at radius 2 is 2.33 bits per heavy atom. The van der Waals surface area contributed by atoms with Gasteiger partial charge in [-0.05, 0) is 42.5 Å². The second kappa shape index (κ2) is 6.29. The van der Waals surface area contributed by atoms with Crippen LogP contribution in [-0.2, 0) is 0 Å². The van der Waals surface area contributed by atoms with Crippen molar-refractivity contribution in [2.45, 2.75) is 45.7 Å². The lowest BCUT2D eigenvalue weighted by molar-refractivity contribution is 0.0675. The maximum Gasteiger partial charge on any atom is 0.354 e. The van der Waals surface area contributed by atoms with Gasteiger partial charge in [-0.1, -0.05) is 32.9 Å². The Kier molecular flexibility index (Phi) is 4.33. The van der Waals surface area contributed by atoms with Crippen LogP contribution >= 0.6 is 0 Å². The van der Waals surface area contributed by atoms with E-state index in [9.17, 15) is 9.90 Å². The molecule has 0 radical (unpaired) electrons. The van der Waals surface area contributed by atoms with Gasteiger partial charge in [-0.15, -0.1) is 0 Å². The first-order valence-corrected chi connectivity index (χ1v) is 8.36. The second-order valence-electron chi connectivity index (χ2n) is 7.06. The summed E-state index contributed by atoms with van der Waals surface area (Å²) in [4.78, 5) is 15.6. The summed E-state index contributed by atoms with van der Waals surface area (Å²) in [6.07, 6.45) is 5.01. The highest BCUT2D eigenvalue weighted by molar-refractivity contribution is 5.85. The van der Waals surface area contributed by atoms with Gasteiger partial charge in [0.25, 0.3) is 0 Å². The summed E-state index contributed by atoms with van der Waals surface area (Å²) in [6, 6.07) is 10.4. The van der Waals surface area contributed by atoms with Crippen molar-refractivity contribution in [2.75, 3.05) is 6.54 Å². The molecule has 1 aliphatic carbocycles. The van der Waals surface area contributed by atoms with Gasteiger partial charge < -0.3 is 15.0 Å². The molecule has 0 fully saturated rings. The van der Waals surface area contributed by atoms with Crippen LogP contribution < -0.4 is 5.32 Å². The average molecular weight is 325 g/mol. The molecule has 0 spiro atoms. The molecule has 1 aromatic heterocycles. The van der Waals surface area contributed by atoms with E-state index in [1.54, 1.807) is 10.9 Å². The summed E-state index contributed by atoms with van der Waals surface area (Å²) in [6.45, 7) is 7.45. The molecular formula is C19H23N3O2. The summed E-state index contributed by atoms with van der Waals surface area (Å²) in [7, 11) is 0. The minimum absolute atomic E-state index is 0.127. The van der Waals surface area contributed by atoms with Gasteiger partial charge in [0.1, 0.15) is 5.69 Å². The predicted molar refractivity (Wildman–Crippen MR) is 90.9 cm³/mol. The molecule has 2 atom stereocenters. The lowest BCUT2D eigenvalue weighted by Gasteiger charge is -2.44. The average Bonchev–Trinajstić information content (AvgIpc) is 3.01. The highest BCUT2D eigenvalue weighted by atomic mass is 16.4. The van der Waals surface area contributed by atoms with E-state index in [4.69, 9.17) is 0 Å². The van der Waals surface area contributed by atoms with Crippen LogP contribution in [0.1, 0.15) is 67.3 Å². The van der Waals surface area contributed by atoms with Crippen LogP contribution in [0.15, 0.2) is 24.7 Å². The van der Waals surface area contributed by atoms with Crippen molar-refractivity contribution in [3.8, 4) is 0 Å². The number of nitrogens with one attached hydrogen (secondary N) is 1. The second-order valence-corrected chi connectivity index (χ2v) is 7.06. The number of aromatic carboxylic acids is 1. The highest BCUT2D eigenvalue weighted by Gasteiger charge is 2.42. The van der Waals surface area contributed by atoms with E-state index in [1.807, 2.05) is 6.07 Å². The molecule has 5 nitrogen and oxygen atoms in total. The van der Waals surface area contributed by atoms with E-state index >= 15 is 0 Å². The zero-order chi connectivity index (χ0) is 17.3. The van der Waals surface area contributed by atoms with Crippen molar-refractivity contribution in [1.82, 2.24) is 14.9 Å². The first kappa shape index (κ1) is 16.5. The maximum absolute atomic E-state index is 11.6. The zero-order valence-electron chi connectivity index (χ0n) is 14.3. The molecule has 1 heterocycles. The molecule has 0 saturated carbocycles. The van der Waals surface area contributed by atoms with Crippen LogP contribution in [0.4, 0.5) is 0 Å². The molecule has 3 rings (SSSR count). The van der Waals surface area contributed by atoms with E-state index in [0.29, 0.717) is 0 Å². The Morgan fingerprint density at radius 3 is 3.04 bits per heavy atom. The number of imidazole rings is 1. The SMILES string of the molecule is CCCNC1CC(C)(C)C(n2cncc2C(=O)O)c2c#cccc21. The van der Waals surface area contributed by atoms with Crippen molar-refractivity contribution in [3.05, 3.63) is 53.6 Å². The normalized spacial score (nSPS) is 21.8. The van der Waals surface area contributed by atoms with Gasteiger partial charge in [0.05, 0.1) is 18.6 Å². The number of carbonyl (C=O) groups is 1. The first-order valence-electron chi connectivity index (χ1n) is 8.36. The van der Waals surface area contributed by atoms with Crippen LogP contribution in [0.5, 0.6) is 0 Å². The molecule has 1 aliphatic rings. The topological polar surface area (TPSA) is 67.2 Å². The Morgan fingerprint density at radius 1 is 1.54 bits per heavy atom. The summed E-state index contributed by atoms with van der Waals surface area (Å²) in [5.74, 6) is -0.962. The van der Waals surface area contributed by atoms with Crippen LogP contribution in [0.3, 0.4) is 0 Å². The molecule has 2 unspecified atom stereocenters. The summed E-state index contributed by atoms with van der Waals surface area (Å²) >= 11 is 0. The number of rotatable bonds is 5. The van der Waals surface area contributed by atoms with Gasteiger partial charge in [-0.2, -0.15) is 0 Å². The number of fused-ring (bicyclic) bond motifs is 1. The summed E-state index contributed by atoms with van der Waals surface area (Å²) in [5, 5.41) is 13.1. The fraction of sp³-hybridized carbons (Fsp3) is 0.474. The van der Waals surface area contributed by atoms with Crippen LogP contribution in [0.2, 0.25) is 0 Å². The lowest BCUT2D eigenvalue weighted by Crippen LogP contribution is -2.40. The summed E-state index contributed by atoms with van der Waals surface area (Å²) in [5.41, 5.74) is 2.24. The monoisotopic (exact) mass is 325 g/mol. The van der Waals surface area contributed by atoms with Gasteiger partial charge >= 0.3 is 5.97 Å². The Hall–Kier alpha value is -2.32. The van der Waals surface area contributed by atoms with Gasteiger partial charge in [0.2, 0.25) is 0 Å². The van der Waals surface area contributed by atoms with Gasteiger partial charge in [0.15, 0.2) is 0 Å². The number of hydrogen-bond acceptors (Lipinski definition) is 3. The van der Waals surface area contributed by atoms with Crippen molar-refractivity contribution in [1.29, 1.82) is 0 Å². The zero-order valence-corrected chi connectivity index (χ0v) is 14.3. The standard InChI is InChI=1S/C19H23N3O2/c1-4-9-21-15-10-19(2,3)17(14-8-6-5-7-13(14)15)22-12-20-11-16(22)18(23)24/h5,7,11-12,15,17,21H,4,9-10H2,1-3H3,(H,23,24). The highest BCUT2D eigenvalue weighted by Crippen LogP contribution is 2.49. The number of nitrogens with zero attached hydrogens (tertiary/aromatic N) is 2. The van der Waals surface area contributed by atoms with Crippen molar-refractivity contribution in [3.63, 3.8) is 0 Å². The van der Waals surface area contributed by atoms with E-state index < -0.39 is 5.97 Å². The molecule has 1 aromatic carbocycles. The molecule has 2 N–H and O–H groups in total. The van der Waals surface area contributed by atoms with Gasteiger partial charge in [-0.25, -0.2) is 9.78 Å². The third-order valence-electron chi connectivity index (χ3n) is 4.79. The Balaban J connectivity index is 2.11. The number of carboxylic acids is 1. The largest absolute Gasteiger partial charge is 0.477 e. The third-order valence-corrected chi connectivity index (χ3v) is 4.79. The third kappa shape index (κ3) is 2.78. The van der Waals surface area contributed by atoms with E-state index in [2.05, 4.69) is 49.3 Å². The molecule has 2 aromatic rings. The minimum Gasteiger partial charge on any atom is -0.477 e. The fourth-order valence-corrected chi connectivity index (χ4v) is 3.77. The molecule has 0 amide bonds.